The molecule has 0 radical (unpaired) electrons. The molecule has 1 atom stereocenters. The Bertz CT molecular complexity index is 832. The monoisotopic (exact) mass is 444 g/mol. The number of anilines is 1. The summed E-state index contributed by atoms with van der Waals surface area (Å²) in [5, 5.41) is 0. The Morgan fingerprint density at radius 1 is 1.14 bits per heavy atom. The van der Waals surface area contributed by atoms with Crippen LogP contribution in [-0.2, 0) is 16.0 Å². The molecule has 0 spiro atoms. The molecule has 2 aromatic carbocycles. The van der Waals surface area contributed by atoms with Gasteiger partial charge in [-0.2, -0.15) is 0 Å². The minimum Gasteiger partial charge on any atom is -0.497 e. The molecule has 0 bridgehead atoms. The molecule has 0 aliphatic carbocycles. The number of fused-ring (bicyclic) bond motifs is 1. The third kappa shape index (κ3) is 4.18. The lowest BCUT2D eigenvalue weighted by Crippen LogP contribution is -2.49. The van der Waals surface area contributed by atoms with E-state index in [0.29, 0.717) is 13.0 Å². The average molecular weight is 445 g/mol. The van der Waals surface area contributed by atoms with E-state index in [1.807, 2.05) is 23.1 Å². The summed E-state index contributed by atoms with van der Waals surface area (Å²) >= 11 is 3.53. The van der Waals surface area contributed by atoms with Gasteiger partial charge in [-0.05, 0) is 53.9 Å². The number of nitrogens with zero attached hydrogens (tertiary/aromatic N) is 2. The average Bonchev–Trinajstić information content (AvgIpc) is 2.74. The van der Waals surface area contributed by atoms with Crippen LogP contribution in [0.2, 0.25) is 0 Å². The second-order valence-corrected chi connectivity index (χ2v) is 8.14. The Morgan fingerprint density at radius 3 is 2.61 bits per heavy atom. The van der Waals surface area contributed by atoms with Crippen molar-refractivity contribution in [3.05, 3.63) is 58.1 Å². The lowest BCUT2D eigenvalue weighted by Gasteiger charge is -2.37. The molecule has 0 aromatic heterocycles. The van der Waals surface area contributed by atoms with Gasteiger partial charge >= 0.3 is 0 Å². The summed E-state index contributed by atoms with van der Waals surface area (Å²) in [7, 11) is 1.67. The second kappa shape index (κ2) is 8.53. The van der Waals surface area contributed by atoms with E-state index in [2.05, 4.69) is 45.1 Å². The highest BCUT2D eigenvalue weighted by Crippen LogP contribution is 2.32. The lowest BCUT2D eigenvalue weighted by molar-refractivity contribution is -0.135. The van der Waals surface area contributed by atoms with Crippen molar-refractivity contribution in [3.63, 3.8) is 0 Å². The SMILES string of the molecule is COc1ccc(N2CCN(C(=O)C[C@@H]3OCCc4cc(Br)ccc43)CC2)cc1. The second-order valence-electron chi connectivity index (χ2n) is 7.22. The fourth-order valence-electron chi connectivity index (χ4n) is 3.97. The van der Waals surface area contributed by atoms with Crippen molar-refractivity contribution in [1.82, 2.24) is 4.90 Å². The van der Waals surface area contributed by atoms with Gasteiger partial charge in [0.25, 0.3) is 0 Å². The first kappa shape index (κ1) is 19.3. The van der Waals surface area contributed by atoms with Crippen molar-refractivity contribution >= 4 is 27.5 Å². The molecule has 2 aliphatic heterocycles. The molecule has 4 rings (SSSR count). The smallest absolute Gasteiger partial charge is 0.225 e. The van der Waals surface area contributed by atoms with Crippen molar-refractivity contribution in [2.24, 2.45) is 0 Å². The van der Waals surface area contributed by atoms with E-state index >= 15 is 0 Å². The largest absolute Gasteiger partial charge is 0.497 e. The van der Waals surface area contributed by atoms with Crippen molar-refractivity contribution < 1.29 is 14.3 Å². The Hall–Kier alpha value is -2.05. The summed E-state index contributed by atoms with van der Waals surface area (Å²) in [6.45, 7) is 3.84. The maximum Gasteiger partial charge on any atom is 0.225 e. The fourth-order valence-corrected chi connectivity index (χ4v) is 4.38. The van der Waals surface area contributed by atoms with E-state index in [4.69, 9.17) is 9.47 Å². The van der Waals surface area contributed by atoms with E-state index in [-0.39, 0.29) is 12.0 Å². The Morgan fingerprint density at radius 2 is 1.89 bits per heavy atom. The number of rotatable bonds is 4. The standard InChI is InChI=1S/C22H25BrN2O3/c1-27-19-5-3-18(4-6-19)24-9-11-25(12-10-24)22(26)15-21-20-7-2-17(23)14-16(20)8-13-28-21/h2-7,14,21H,8-13,15H2,1H3/t21-/m0/s1. The molecule has 148 valence electrons. The van der Waals surface area contributed by atoms with Crippen LogP contribution in [0.25, 0.3) is 0 Å². The van der Waals surface area contributed by atoms with Crippen molar-refractivity contribution in [2.75, 3.05) is 44.8 Å². The van der Waals surface area contributed by atoms with Crippen LogP contribution >= 0.6 is 15.9 Å². The molecule has 1 fully saturated rings. The van der Waals surface area contributed by atoms with Crippen LogP contribution in [0.3, 0.4) is 0 Å². The highest BCUT2D eigenvalue weighted by Gasteiger charge is 2.27. The zero-order valence-electron chi connectivity index (χ0n) is 16.1. The molecule has 2 heterocycles. The summed E-state index contributed by atoms with van der Waals surface area (Å²) < 4.78 is 12.2. The molecular weight excluding hydrogens is 420 g/mol. The third-order valence-electron chi connectivity index (χ3n) is 5.57. The van der Waals surface area contributed by atoms with Gasteiger partial charge in [0.15, 0.2) is 0 Å². The first-order chi connectivity index (χ1) is 13.6. The van der Waals surface area contributed by atoms with Crippen LogP contribution in [0.4, 0.5) is 5.69 Å². The van der Waals surface area contributed by atoms with E-state index in [0.717, 1.165) is 48.4 Å². The van der Waals surface area contributed by atoms with Crippen LogP contribution in [0.5, 0.6) is 5.75 Å². The summed E-state index contributed by atoms with van der Waals surface area (Å²) in [6, 6.07) is 14.3. The van der Waals surface area contributed by atoms with Gasteiger partial charge in [0, 0.05) is 36.3 Å². The molecule has 6 heteroatoms. The van der Waals surface area contributed by atoms with Crippen molar-refractivity contribution in [2.45, 2.75) is 18.9 Å². The normalized spacial score (nSPS) is 19.3. The fraction of sp³-hybridized carbons (Fsp3) is 0.409. The van der Waals surface area contributed by atoms with E-state index in [1.165, 1.54) is 11.3 Å². The zero-order valence-corrected chi connectivity index (χ0v) is 17.7. The van der Waals surface area contributed by atoms with Gasteiger partial charge in [0.05, 0.1) is 26.2 Å². The number of hydrogen-bond donors (Lipinski definition) is 0. The molecule has 2 aromatic rings. The molecule has 5 nitrogen and oxygen atoms in total. The van der Waals surface area contributed by atoms with Gasteiger partial charge in [-0.3, -0.25) is 4.79 Å². The van der Waals surface area contributed by atoms with Crippen LogP contribution in [-0.4, -0.2) is 50.7 Å². The van der Waals surface area contributed by atoms with Crippen LogP contribution in [0.15, 0.2) is 46.9 Å². The Balaban J connectivity index is 1.34. The Labute approximate surface area is 174 Å². The number of hydrogen-bond acceptors (Lipinski definition) is 4. The molecule has 0 saturated carbocycles. The Kier molecular flexibility index (Phi) is 5.87. The van der Waals surface area contributed by atoms with Gasteiger partial charge in [0.1, 0.15) is 5.75 Å². The number of ether oxygens (including phenoxy) is 2. The van der Waals surface area contributed by atoms with Gasteiger partial charge < -0.3 is 19.3 Å². The summed E-state index contributed by atoms with van der Waals surface area (Å²) in [5.41, 5.74) is 3.60. The number of benzene rings is 2. The number of carbonyl (C=O) groups is 1. The third-order valence-corrected chi connectivity index (χ3v) is 6.07. The van der Waals surface area contributed by atoms with Crippen LogP contribution in [0, 0.1) is 0 Å². The zero-order chi connectivity index (χ0) is 19.5. The first-order valence-corrected chi connectivity index (χ1v) is 10.5. The minimum absolute atomic E-state index is 0.135. The maximum atomic E-state index is 12.9. The quantitative estimate of drug-likeness (QED) is 0.718. The van der Waals surface area contributed by atoms with Crippen LogP contribution in [0.1, 0.15) is 23.7 Å². The number of halogens is 1. The van der Waals surface area contributed by atoms with E-state index < -0.39 is 0 Å². The van der Waals surface area contributed by atoms with Gasteiger partial charge in [0.2, 0.25) is 5.91 Å². The highest BCUT2D eigenvalue weighted by molar-refractivity contribution is 9.10. The number of carbonyl (C=O) groups excluding carboxylic acids is 1. The number of methoxy groups -OCH3 is 1. The van der Waals surface area contributed by atoms with E-state index in [1.54, 1.807) is 7.11 Å². The number of piperazine rings is 1. The molecule has 1 amide bonds. The van der Waals surface area contributed by atoms with Crippen molar-refractivity contribution in [3.8, 4) is 5.75 Å². The van der Waals surface area contributed by atoms with E-state index in [9.17, 15) is 4.79 Å². The lowest BCUT2D eigenvalue weighted by atomic mass is 9.95. The highest BCUT2D eigenvalue weighted by atomic mass is 79.9. The predicted octanol–water partition coefficient (Wildman–Crippen LogP) is 3.81. The molecular formula is C22H25BrN2O3. The molecule has 0 N–H and O–H groups in total. The van der Waals surface area contributed by atoms with Crippen LogP contribution < -0.4 is 9.64 Å². The summed E-state index contributed by atoms with van der Waals surface area (Å²) in [5.74, 6) is 1.03. The first-order valence-electron chi connectivity index (χ1n) is 9.71. The molecule has 1 saturated heterocycles. The predicted molar refractivity (Wildman–Crippen MR) is 113 cm³/mol. The summed E-state index contributed by atoms with van der Waals surface area (Å²) in [4.78, 5) is 17.2. The molecule has 28 heavy (non-hydrogen) atoms. The van der Waals surface area contributed by atoms with Crippen molar-refractivity contribution in [1.29, 1.82) is 0 Å². The summed E-state index contributed by atoms with van der Waals surface area (Å²) in [6.07, 6.45) is 1.18. The topological polar surface area (TPSA) is 42.0 Å². The van der Waals surface area contributed by atoms with Gasteiger partial charge in [-0.15, -0.1) is 0 Å². The van der Waals surface area contributed by atoms with Gasteiger partial charge in [-0.1, -0.05) is 22.0 Å². The molecule has 0 unspecified atom stereocenters. The minimum atomic E-state index is -0.135. The van der Waals surface area contributed by atoms with Gasteiger partial charge in [-0.25, -0.2) is 0 Å². The maximum absolute atomic E-state index is 12.9. The number of amides is 1. The molecule has 2 aliphatic rings.